The molecule has 0 saturated heterocycles. The number of amides is 1. The van der Waals surface area contributed by atoms with E-state index in [1.165, 1.54) is 0 Å². The van der Waals surface area contributed by atoms with Gasteiger partial charge in [0.25, 0.3) is 5.89 Å². The smallest absolute Gasteiger partial charge is 0.264 e. The predicted octanol–water partition coefficient (Wildman–Crippen LogP) is 2.92. The third kappa shape index (κ3) is 5.08. The van der Waals surface area contributed by atoms with E-state index >= 15 is 0 Å². The van der Waals surface area contributed by atoms with Gasteiger partial charge in [-0.3, -0.25) is 4.79 Å². The molecule has 130 valence electrons. The van der Waals surface area contributed by atoms with Crippen LogP contribution in [0.1, 0.15) is 36.7 Å². The SMILES string of the molecule is Cc1cc(C)cc(OCc2nc(CCN(C)C(=O)C(C)C)no2)c1. The fourth-order valence-corrected chi connectivity index (χ4v) is 2.43. The number of carbonyl (C=O) groups is 1. The Bertz CT molecular complexity index is 674. The van der Waals surface area contributed by atoms with Crippen LogP contribution in [0.3, 0.4) is 0 Å². The zero-order valence-corrected chi connectivity index (χ0v) is 15.0. The monoisotopic (exact) mass is 331 g/mol. The summed E-state index contributed by atoms with van der Waals surface area (Å²) < 4.78 is 10.9. The molecule has 1 heterocycles. The highest BCUT2D eigenvalue weighted by Crippen LogP contribution is 2.17. The van der Waals surface area contributed by atoms with E-state index in [4.69, 9.17) is 9.26 Å². The first-order valence-electron chi connectivity index (χ1n) is 8.12. The molecule has 0 aliphatic heterocycles. The summed E-state index contributed by atoms with van der Waals surface area (Å²) in [5.41, 5.74) is 2.29. The number of aromatic nitrogens is 2. The molecule has 1 aromatic heterocycles. The molecule has 0 bridgehead atoms. The fraction of sp³-hybridized carbons (Fsp3) is 0.500. The zero-order chi connectivity index (χ0) is 17.7. The lowest BCUT2D eigenvalue weighted by atomic mass is 10.1. The lowest BCUT2D eigenvalue weighted by Crippen LogP contribution is -2.32. The average Bonchev–Trinajstić information content (AvgIpc) is 2.96. The van der Waals surface area contributed by atoms with Crippen LogP contribution in [0.25, 0.3) is 0 Å². The van der Waals surface area contributed by atoms with Crippen molar-refractivity contribution in [2.45, 2.75) is 40.7 Å². The van der Waals surface area contributed by atoms with Crippen molar-refractivity contribution in [2.24, 2.45) is 5.92 Å². The summed E-state index contributed by atoms with van der Waals surface area (Å²) in [6.45, 7) is 8.62. The van der Waals surface area contributed by atoms with E-state index in [1.54, 1.807) is 11.9 Å². The number of rotatable bonds is 7. The van der Waals surface area contributed by atoms with Gasteiger partial charge in [-0.1, -0.05) is 25.1 Å². The number of ether oxygens (including phenoxy) is 1. The lowest BCUT2D eigenvalue weighted by molar-refractivity contribution is -0.133. The third-order valence-electron chi connectivity index (χ3n) is 3.61. The predicted molar refractivity (Wildman–Crippen MR) is 90.7 cm³/mol. The van der Waals surface area contributed by atoms with Gasteiger partial charge < -0.3 is 14.2 Å². The van der Waals surface area contributed by atoms with E-state index in [-0.39, 0.29) is 18.4 Å². The van der Waals surface area contributed by atoms with E-state index in [0.717, 1.165) is 16.9 Å². The molecule has 2 aromatic rings. The summed E-state index contributed by atoms with van der Waals surface area (Å²) in [5, 5.41) is 3.94. The van der Waals surface area contributed by atoms with E-state index in [0.29, 0.717) is 24.7 Å². The molecule has 2 rings (SSSR count). The molecule has 1 aromatic carbocycles. The maximum absolute atomic E-state index is 11.8. The fourth-order valence-electron chi connectivity index (χ4n) is 2.43. The minimum atomic E-state index is -0.0120. The van der Waals surface area contributed by atoms with Gasteiger partial charge in [0.05, 0.1) is 0 Å². The molecule has 0 N–H and O–H groups in total. The topological polar surface area (TPSA) is 68.5 Å². The Kier molecular flexibility index (Phi) is 5.95. The molecule has 0 aliphatic rings. The number of likely N-dealkylation sites (N-methyl/N-ethyl adjacent to an activating group) is 1. The van der Waals surface area contributed by atoms with E-state index in [9.17, 15) is 4.79 Å². The summed E-state index contributed by atoms with van der Waals surface area (Å²) in [5.74, 6) is 1.90. The van der Waals surface area contributed by atoms with Crippen molar-refractivity contribution in [3.63, 3.8) is 0 Å². The van der Waals surface area contributed by atoms with Gasteiger partial charge in [0.1, 0.15) is 5.75 Å². The highest BCUT2D eigenvalue weighted by Gasteiger charge is 2.14. The van der Waals surface area contributed by atoms with Crippen molar-refractivity contribution < 1.29 is 14.1 Å². The number of hydrogen-bond acceptors (Lipinski definition) is 5. The Morgan fingerprint density at radius 3 is 2.54 bits per heavy atom. The van der Waals surface area contributed by atoms with Gasteiger partial charge in [0.15, 0.2) is 12.4 Å². The second kappa shape index (κ2) is 7.95. The van der Waals surface area contributed by atoms with Crippen molar-refractivity contribution in [3.05, 3.63) is 41.0 Å². The van der Waals surface area contributed by atoms with Crippen LogP contribution in [0, 0.1) is 19.8 Å². The van der Waals surface area contributed by atoms with E-state index in [2.05, 4.69) is 16.2 Å². The van der Waals surface area contributed by atoms with Crippen LogP contribution in [0.4, 0.5) is 0 Å². The molecule has 0 atom stereocenters. The van der Waals surface area contributed by atoms with Crippen LogP contribution in [-0.4, -0.2) is 34.5 Å². The number of hydrogen-bond donors (Lipinski definition) is 0. The quantitative estimate of drug-likeness (QED) is 0.780. The first kappa shape index (κ1) is 18.0. The second-order valence-electron chi connectivity index (χ2n) is 6.38. The standard InChI is InChI=1S/C18H25N3O3/c1-12(2)18(22)21(5)7-6-16-19-17(24-20-16)11-23-15-9-13(3)8-14(4)10-15/h8-10,12H,6-7,11H2,1-5H3. The van der Waals surface area contributed by atoms with Crippen LogP contribution >= 0.6 is 0 Å². The van der Waals surface area contributed by atoms with Gasteiger partial charge in [0.2, 0.25) is 5.91 Å². The molecule has 0 aliphatic carbocycles. The zero-order valence-electron chi connectivity index (χ0n) is 15.0. The van der Waals surface area contributed by atoms with Crippen LogP contribution < -0.4 is 4.74 Å². The second-order valence-corrected chi connectivity index (χ2v) is 6.38. The number of benzene rings is 1. The summed E-state index contributed by atoms with van der Waals surface area (Å²) in [6, 6.07) is 6.03. The minimum absolute atomic E-state index is 0.0120. The van der Waals surface area contributed by atoms with Crippen molar-refractivity contribution >= 4 is 5.91 Å². The van der Waals surface area contributed by atoms with Gasteiger partial charge in [-0.05, 0) is 37.1 Å². The molecular weight excluding hydrogens is 306 g/mol. The van der Waals surface area contributed by atoms with Crippen LogP contribution in [0.2, 0.25) is 0 Å². The van der Waals surface area contributed by atoms with Crippen molar-refractivity contribution in [3.8, 4) is 5.75 Å². The van der Waals surface area contributed by atoms with Crippen LogP contribution in [0.15, 0.2) is 22.7 Å². The maximum Gasteiger partial charge on any atom is 0.264 e. The highest BCUT2D eigenvalue weighted by atomic mass is 16.5. The molecule has 0 spiro atoms. The Labute approximate surface area is 142 Å². The minimum Gasteiger partial charge on any atom is -0.484 e. The molecule has 6 nitrogen and oxygen atoms in total. The summed E-state index contributed by atoms with van der Waals surface area (Å²) in [6.07, 6.45) is 0.558. The largest absolute Gasteiger partial charge is 0.484 e. The molecule has 1 amide bonds. The number of aryl methyl sites for hydroxylation is 2. The first-order chi connectivity index (χ1) is 11.3. The van der Waals surface area contributed by atoms with Gasteiger partial charge in [-0.15, -0.1) is 0 Å². The summed E-state index contributed by atoms with van der Waals surface area (Å²) in [7, 11) is 1.78. The molecule has 0 fully saturated rings. The number of nitrogens with zero attached hydrogens (tertiary/aromatic N) is 3. The molecule has 0 saturated carbocycles. The number of carbonyl (C=O) groups excluding carboxylic acids is 1. The maximum atomic E-state index is 11.8. The van der Waals surface area contributed by atoms with Crippen LogP contribution in [0.5, 0.6) is 5.75 Å². The van der Waals surface area contributed by atoms with E-state index < -0.39 is 0 Å². The lowest BCUT2D eigenvalue weighted by Gasteiger charge is -2.18. The molecule has 0 unspecified atom stereocenters. The summed E-state index contributed by atoms with van der Waals surface area (Å²) >= 11 is 0. The first-order valence-corrected chi connectivity index (χ1v) is 8.12. The third-order valence-corrected chi connectivity index (χ3v) is 3.61. The summed E-state index contributed by atoms with van der Waals surface area (Å²) in [4.78, 5) is 17.8. The Balaban J connectivity index is 1.85. The average molecular weight is 331 g/mol. The van der Waals surface area contributed by atoms with Crippen molar-refractivity contribution in [1.82, 2.24) is 15.0 Å². The molecular formula is C18H25N3O3. The molecule has 0 radical (unpaired) electrons. The van der Waals surface area contributed by atoms with Crippen molar-refractivity contribution in [1.29, 1.82) is 0 Å². The van der Waals surface area contributed by atoms with E-state index in [1.807, 2.05) is 39.8 Å². The Hall–Kier alpha value is -2.37. The van der Waals surface area contributed by atoms with Gasteiger partial charge in [-0.25, -0.2) is 0 Å². The van der Waals surface area contributed by atoms with Gasteiger partial charge >= 0.3 is 0 Å². The normalized spacial score (nSPS) is 10.9. The molecule has 6 heteroatoms. The van der Waals surface area contributed by atoms with Gasteiger partial charge in [-0.2, -0.15) is 4.98 Å². The van der Waals surface area contributed by atoms with Gasteiger partial charge in [0, 0.05) is 25.9 Å². The van der Waals surface area contributed by atoms with Crippen molar-refractivity contribution in [2.75, 3.05) is 13.6 Å². The Morgan fingerprint density at radius 1 is 1.25 bits per heavy atom. The Morgan fingerprint density at radius 2 is 1.92 bits per heavy atom. The highest BCUT2D eigenvalue weighted by molar-refractivity contribution is 5.77. The van der Waals surface area contributed by atoms with Crippen LogP contribution in [-0.2, 0) is 17.8 Å². The molecule has 24 heavy (non-hydrogen) atoms.